The molecule has 280 valence electrons. The maximum absolute atomic E-state index is 14.5. The number of likely N-dealkylation sites (tertiary alicyclic amines) is 1. The zero-order chi connectivity index (χ0) is 63.9. The van der Waals surface area contributed by atoms with Crippen LogP contribution in [0.4, 0.5) is 8.78 Å². The van der Waals surface area contributed by atoms with Gasteiger partial charge in [-0.2, -0.15) is 0 Å². The van der Waals surface area contributed by atoms with E-state index < -0.39 is 5.97 Å². The number of hydrogen-bond donors (Lipinski definition) is 0. The summed E-state index contributed by atoms with van der Waals surface area (Å²) in [6.45, 7) is 2.71. The van der Waals surface area contributed by atoms with Crippen molar-refractivity contribution in [3.63, 3.8) is 0 Å². The van der Waals surface area contributed by atoms with E-state index in [0.717, 1.165) is 29.8 Å². The molecule has 5 rings (SSSR count). The molecule has 1 fully saturated rings. The molecule has 1 aliphatic rings. The first-order valence-electron chi connectivity index (χ1n) is 30.1. The first kappa shape index (κ1) is 20.2. The van der Waals surface area contributed by atoms with E-state index in [2.05, 4.69) is 20.8 Å². The third kappa shape index (κ3) is 8.96. The van der Waals surface area contributed by atoms with Gasteiger partial charge in [0.2, 0.25) is 0 Å². The molecular weight excluding hydrogens is 672 g/mol. The Balaban J connectivity index is -0.0000000663. The molecule has 0 unspecified atom stereocenters. The number of carbonyl (C=O) groups excluding carboxylic acids is 2. The molecule has 0 radical (unpaired) electrons. The van der Waals surface area contributed by atoms with Crippen LogP contribution >= 0.6 is 15.9 Å². The maximum atomic E-state index is 14.5. The second-order valence-corrected chi connectivity index (χ2v) is 11.4. The van der Waals surface area contributed by atoms with Crippen LogP contribution in [0.1, 0.15) is 97.1 Å². The molecule has 10 heteroatoms. The number of nitrogens with zero attached hydrogens (tertiary/aromatic N) is 1. The Morgan fingerprint density at radius 2 is 1.15 bits per heavy atom. The number of hydrogen-bond acceptors (Lipinski definition) is 7. The van der Waals surface area contributed by atoms with Crippen molar-refractivity contribution in [2.45, 2.75) is 31.1 Å². The fourth-order valence-electron chi connectivity index (χ4n) is 5.48. The van der Waals surface area contributed by atoms with Gasteiger partial charge >= 0.3 is 11.9 Å². The molecule has 4 aromatic carbocycles. The van der Waals surface area contributed by atoms with Crippen molar-refractivity contribution in [3.8, 4) is 33.8 Å². The second-order valence-electron chi connectivity index (χ2n) is 10.9. The van der Waals surface area contributed by atoms with E-state index in [4.69, 9.17) is 63.5 Å². The third-order valence-corrected chi connectivity index (χ3v) is 8.57. The SMILES string of the molecule is COC(=O)c1ccc(-c2cc(OC)ccc2F)c(CBr)c1.COC(=O)c1ccc(-c2cc(OC)ccc2F)c(CN2CCCCC2)c1.[3HH].[3H][3H].[3H][3H].[3H][3H].[3H][3H].[3H][3H].[3H][3H].[3H][3H].[3H][3H].[3H][3H].[3H][3H].[3H][3H].[3H][3H].[3H][3H].[3H][3H].[3H][3H]. The number of methoxy groups -OCH3 is 4. The number of piperidine rings is 1. The van der Waals surface area contributed by atoms with Crippen LogP contribution in [0, 0.1) is 11.6 Å². The summed E-state index contributed by atoms with van der Waals surface area (Å²) in [6, 6.07) is 19.6. The predicted octanol–water partition coefficient (Wildman–Crippen LogP) is 12.4. The summed E-state index contributed by atoms with van der Waals surface area (Å²) in [5.74, 6) is -0.288. The van der Waals surface area contributed by atoms with Crippen LogP contribution < -0.4 is 9.47 Å². The van der Waals surface area contributed by atoms with Gasteiger partial charge < -0.3 is 18.9 Å². The van der Waals surface area contributed by atoms with Gasteiger partial charge in [0.05, 0.1) is 39.6 Å². The Kier molecular flexibility index (Phi) is 7.31. The standard InChI is InChI=1S/C21H24FNO3.C16H14BrFO3.16H2/c1-25-17-7-9-20(22)19(13-17)18-8-6-15(21(24)26-2)12-16(18)14-23-10-4-3-5-11-23;1-20-12-4-6-15(18)14(8-12)13-5-3-10(16(19)21-2)7-11(13)9-17;;;;;;;;;;;;;;;;/h6-9,12-13H,3-5,10-11,14H2,1-2H3;3-8H,9H2,1-2H3;16*1H/i;;15*1+2T;1+2. The Morgan fingerprint density at radius 3 is 1.60 bits per heavy atom. The zero-order valence-electron chi connectivity index (χ0n) is 56.9. The number of benzene rings is 4. The Labute approximate surface area is 330 Å². The molecule has 47 heavy (non-hydrogen) atoms. The number of carbonyl (C=O) groups is 2. The molecule has 0 bridgehead atoms. The number of ether oxygens (including phenoxy) is 4. The molecule has 7 nitrogen and oxygen atoms in total. The summed E-state index contributed by atoms with van der Waals surface area (Å²) in [5.41, 5.74) is 5.01. The zero-order valence-corrected chi connectivity index (χ0v) is 28.5. The highest BCUT2D eigenvalue weighted by Crippen LogP contribution is 2.33. The van der Waals surface area contributed by atoms with Gasteiger partial charge in [-0.3, -0.25) is 4.90 Å². The maximum Gasteiger partial charge on any atom is 0.337 e. The number of esters is 2. The molecule has 1 heterocycles. The van der Waals surface area contributed by atoms with Crippen LogP contribution in [-0.2, 0) is 21.3 Å². The van der Waals surface area contributed by atoms with Crippen LogP contribution in [-0.4, -0.2) is 58.4 Å². The van der Waals surface area contributed by atoms with Crippen molar-refractivity contribution in [2.75, 3.05) is 41.5 Å². The highest BCUT2D eigenvalue weighted by molar-refractivity contribution is 9.08. The normalized spacial score (nSPS) is 15.4. The first-order valence-corrected chi connectivity index (χ1v) is 16.2. The van der Waals surface area contributed by atoms with Crippen LogP contribution in [0.25, 0.3) is 22.3 Å². The molecule has 0 atom stereocenters. The van der Waals surface area contributed by atoms with Crippen LogP contribution in [0.15, 0.2) is 72.8 Å². The lowest BCUT2D eigenvalue weighted by Crippen LogP contribution is -2.29. The van der Waals surface area contributed by atoms with Crippen molar-refractivity contribution in [1.82, 2.24) is 4.90 Å². The fourth-order valence-corrected chi connectivity index (χ4v) is 5.94. The van der Waals surface area contributed by atoms with Gasteiger partial charge in [0.15, 0.2) is 0 Å². The molecule has 0 aliphatic carbocycles. The minimum Gasteiger partial charge on any atom is -0.497 e. The summed E-state index contributed by atoms with van der Waals surface area (Å²) in [5, 5.41) is 0.490. The van der Waals surface area contributed by atoms with Crippen LogP contribution in [0.5, 0.6) is 11.5 Å². The number of rotatable bonds is 9. The van der Waals surface area contributed by atoms with Crippen molar-refractivity contribution in [1.29, 1.82) is 0 Å². The van der Waals surface area contributed by atoms with Gasteiger partial charge in [0, 0.05) is 69.0 Å². The van der Waals surface area contributed by atoms with Gasteiger partial charge in [-0.05, 0) is 109 Å². The first-order chi connectivity index (χ1) is 37.7. The Hall–Kier alpha value is -4.28. The van der Waals surface area contributed by atoms with Gasteiger partial charge in [-0.1, -0.05) is 34.5 Å². The van der Waals surface area contributed by atoms with E-state index in [-0.39, 0.29) is 19.0 Å². The monoisotopic (exact) mass is 804 g/mol. The molecule has 0 amide bonds. The molecule has 0 spiro atoms. The van der Waals surface area contributed by atoms with Gasteiger partial charge in [0.1, 0.15) is 23.1 Å². The van der Waals surface area contributed by atoms with Crippen molar-refractivity contribution in [2.24, 2.45) is 0 Å². The van der Waals surface area contributed by atoms with Gasteiger partial charge in [-0.15, -0.1) is 0 Å². The fraction of sp³-hybridized carbons (Fsp3) is 0.297. The molecule has 1 saturated heterocycles. The minimum atomic E-state index is -0.421. The van der Waals surface area contributed by atoms with E-state index in [9.17, 15) is 18.4 Å². The van der Waals surface area contributed by atoms with E-state index in [1.165, 1.54) is 52.7 Å². The largest absolute Gasteiger partial charge is 0.497 e. The topological polar surface area (TPSA) is 74.3 Å². The van der Waals surface area contributed by atoms with Crippen molar-refractivity contribution >= 4 is 27.9 Å². The Morgan fingerprint density at radius 1 is 0.681 bits per heavy atom. The van der Waals surface area contributed by atoms with E-state index in [1.54, 1.807) is 61.7 Å². The summed E-state index contributed by atoms with van der Waals surface area (Å²) < 4.78 is 199. The summed E-state index contributed by atoms with van der Waals surface area (Å²) in [4.78, 5) is 25.9. The molecular formula is C37H70BrF2NO6. The van der Waals surface area contributed by atoms with Gasteiger partial charge in [0.25, 0.3) is 0 Å². The lowest BCUT2D eigenvalue weighted by molar-refractivity contribution is 0.0591. The minimum absolute atomic E-state index is 0. The second kappa shape index (κ2) is 17.0. The van der Waals surface area contributed by atoms with Crippen LogP contribution in [0.2, 0.25) is 0 Å². The summed E-state index contributed by atoms with van der Waals surface area (Å²) >= 11 is 3.37. The van der Waals surface area contributed by atoms with E-state index in [1.807, 2.05) is 6.07 Å². The number of halogens is 3. The van der Waals surface area contributed by atoms with Crippen LogP contribution in [0.3, 0.4) is 0 Å². The molecule has 4 aromatic rings. The Bertz CT molecular complexity index is 1780. The molecule has 1 aliphatic heterocycles. The van der Waals surface area contributed by atoms with E-state index in [0.29, 0.717) is 51.2 Å². The average Bonchev–Trinajstić information content (AvgIpc) is 3.56. The highest BCUT2D eigenvalue weighted by atomic mass is 79.9. The van der Waals surface area contributed by atoms with E-state index >= 15 is 0 Å². The molecule has 0 N–H and O–H groups in total. The lowest BCUT2D eigenvalue weighted by atomic mass is 9.96. The smallest absolute Gasteiger partial charge is 0.337 e. The quantitative estimate of drug-likeness (QED) is 0.123. The summed E-state index contributed by atoms with van der Waals surface area (Å²) in [6.07, 6.45) is 3.58. The molecule has 0 saturated carbocycles. The number of alkyl halides is 1. The lowest BCUT2D eigenvalue weighted by Gasteiger charge is -2.27. The van der Waals surface area contributed by atoms with Crippen molar-refractivity contribution in [3.05, 3.63) is 107 Å². The highest BCUT2D eigenvalue weighted by Gasteiger charge is 2.19. The third-order valence-electron chi connectivity index (χ3n) is 7.97. The average molecular weight is 805 g/mol. The predicted molar refractivity (Wildman–Crippen MR) is 215 cm³/mol. The summed E-state index contributed by atoms with van der Waals surface area (Å²) in [7, 11) is 5.78. The molecule has 0 aromatic heterocycles. The van der Waals surface area contributed by atoms with Gasteiger partial charge in [-0.25, -0.2) is 18.4 Å². The van der Waals surface area contributed by atoms with Crippen molar-refractivity contribution < 1.29 is 83.3 Å².